The zero-order valence-electron chi connectivity index (χ0n) is 16.1. The minimum Gasteiger partial charge on any atom is -0.317 e. The molecule has 0 aromatic rings. The molecular formula is C20H41NSn. The van der Waals surface area contributed by atoms with Crippen LogP contribution in [-0.4, -0.2) is 31.5 Å². The van der Waals surface area contributed by atoms with Gasteiger partial charge in [0.2, 0.25) is 0 Å². The quantitative estimate of drug-likeness (QED) is 0.298. The van der Waals surface area contributed by atoms with Gasteiger partial charge in [0.05, 0.1) is 0 Å². The first-order valence-electron chi connectivity index (χ1n) is 9.14. The zero-order chi connectivity index (χ0) is 17.1. The molecule has 0 aromatic heterocycles. The van der Waals surface area contributed by atoms with E-state index in [0.29, 0.717) is 0 Å². The largest absolute Gasteiger partial charge is 0.317 e. The van der Waals surface area contributed by atoms with Gasteiger partial charge in [-0.2, -0.15) is 0 Å². The molecule has 1 nitrogen and oxygen atoms in total. The average Bonchev–Trinajstić information content (AvgIpc) is 2.50. The Bertz CT molecular complexity index is 249. The fraction of sp³-hybridized carbons (Fsp3) is 0.700. The molecule has 0 aliphatic carbocycles. The Labute approximate surface area is 145 Å². The van der Waals surface area contributed by atoms with Gasteiger partial charge in [-0.3, -0.25) is 0 Å². The van der Waals surface area contributed by atoms with Crippen LogP contribution in [0.15, 0.2) is 36.5 Å². The summed E-state index contributed by atoms with van der Waals surface area (Å²) < 4.78 is 4.57. The van der Waals surface area contributed by atoms with Crippen molar-refractivity contribution >= 4 is 18.4 Å². The fourth-order valence-corrected chi connectivity index (χ4v) is 12.0. The molecule has 0 bridgehead atoms. The van der Waals surface area contributed by atoms with E-state index in [1.165, 1.54) is 32.6 Å². The van der Waals surface area contributed by atoms with Gasteiger partial charge in [0, 0.05) is 0 Å². The van der Waals surface area contributed by atoms with Crippen LogP contribution < -0.4 is 5.32 Å². The van der Waals surface area contributed by atoms with Crippen LogP contribution >= 0.6 is 0 Å². The first-order chi connectivity index (χ1) is 10.6. The minimum atomic E-state index is -1.79. The second-order valence-electron chi connectivity index (χ2n) is 6.09. The van der Waals surface area contributed by atoms with Crippen molar-refractivity contribution in [1.82, 2.24) is 5.32 Å². The van der Waals surface area contributed by atoms with Gasteiger partial charge in [-0.25, -0.2) is 0 Å². The molecular weight excluding hydrogens is 373 g/mol. The molecule has 2 heteroatoms. The van der Waals surface area contributed by atoms with Crippen molar-refractivity contribution in [2.75, 3.05) is 13.1 Å². The SMILES string of the molecule is CC=CC[CH2][Sn]([CH3])([CH2]CC=CC)[CH2]CC=CC.CCNCC. The number of hydrogen-bond acceptors (Lipinski definition) is 1. The summed E-state index contributed by atoms with van der Waals surface area (Å²) in [5.41, 5.74) is 0. The second-order valence-corrected chi connectivity index (χ2v) is 20.7. The maximum absolute atomic E-state index is 3.11. The third kappa shape index (κ3) is 18.0. The molecule has 0 saturated carbocycles. The number of nitrogens with one attached hydrogen (secondary N) is 1. The summed E-state index contributed by atoms with van der Waals surface area (Å²) in [6, 6.07) is 0. The van der Waals surface area contributed by atoms with Gasteiger partial charge in [-0.15, -0.1) is 0 Å². The van der Waals surface area contributed by atoms with Gasteiger partial charge in [0.25, 0.3) is 0 Å². The molecule has 0 aliphatic heterocycles. The zero-order valence-corrected chi connectivity index (χ0v) is 19.0. The number of hydrogen-bond donors (Lipinski definition) is 1. The summed E-state index contributed by atoms with van der Waals surface area (Å²) in [4.78, 5) is 2.66. The molecule has 0 amide bonds. The third-order valence-corrected chi connectivity index (χ3v) is 16.8. The first kappa shape index (κ1) is 24.2. The van der Waals surface area contributed by atoms with Crippen LogP contribution in [0, 0.1) is 0 Å². The Kier molecular flexibility index (Phi) is 21.0. The maximum Gasteiger partial charge on any atom is -0.00775 e. The molecule has 0 rings (SSSR count). The molecule has 1 N–H and O–H groups in total. The third-order valence-electron chi connectivity index (χ3n) is 3.95. The molecule has 0 saturated heterocycles. The van der Waals surface area contributed by atoms with Gasteiger partial charge < -0.3 is 5.32 Å². The van der Waals surface area contributed by atoms with E-state index < -0.39 is 18.4 Å². The fourth-order valence-electron chi connectivity index (χ4n) is 2.42. The van der Waals surface area contributed by atoms with Crippen LogP contribution in [0.5, 0.6) is 0 Å². The summed E-state index contributed by atoms with van der Waals surface area (Å²) in [5, 5.41) is 3.11. The topological polar surface area (TPSA) is 12.0 Å². The first-order valence-corrected chi connectivity index (χ1v) is 18.0. The van der Waals surface area contributed by atoms with E-state index in [9.17, 15) is 0 Å². The Hall–Kier alpha value is -0.0213. The minimum absolute atomic E-state index is 1.09. The number of rotatable bonds is 11. The van der Waals surface area contributed by atoms with Crippen molar-refractivity contribution in [3.8, 4) is 0 Å². The van der Waals surface area contributed by atoms with Crippen LogP contribution in [-0.2, 0) is 0 Å². The molecule has 0 unspecified atom stereocenters. The van der Waals surface area contributed by atoms with E-state index in [1.54, 1.807) is 0 Å². The Morgan fingerprint density at radius 3 is 1.18 bits per heavy atom. The van der Waals surface area contributed by atoms with Gasteiger partial charge >= 0.3 is 113 Å². The summed E-state index contributed by atoms with van der Waals surface area (Å²) in [7, 11) is 0. The van der Waals surface area contributed by atoms with Crippen LogP contribution in [0.25, 0.3) is 0 Å². The Morgan fingerprint density at radius 1 is 0.682 bits per heavy atom. The van der Waals surface area contributed by atoms with E-state index in [4.69, 9.17) is 0 Å². The molecule has 0 aliphatic rings. The smallest absolute Gasteiger partial charge is 0.00775 e. The Morgan fingerprint density at radius 2 is 1.00 bits per heavy atom. The van der Waals surface area contributed by atoms with Crippen LogP contribution in [0.2, 0.25) is 18.2 Å². The maximum atomic E-state index is 3.11. The van der Waals surface area contributed by atoms with Crippen molar-refractivity contribution in [3.05, 3.63) is 36.5 Å². The van der Waals surface area contributed by atoms with Gasteiger partial charge in [-0.05, 0) is 13.1 Å². The van der Waals surface area contributed by atoms with Crippen LogP contribution in [0.3, 0.4) is 0 Å². The van der Waals surface area contributed by atoms with Gasteiger partial charge in [-0.1, -0.05) is 13.8 Å². The predicted molar refractivity (Wildman–Crippen MR) is 109 cm³/mol. The monoisotopic (exact) mass is 415 g/mol. The summed E-state index contributed by atoms with van der Waals surface area (Å²) in [6.45, 7) is 12.8. The normalized spacial score (nSPS) is 14.5. The van der Waals surface area contributed by atoms with E-state index >= 15 is 0 Å². The second kappa shape index (κ2) is 19.0. The molecule has 22 heavy (non-hydrogen) atoms. The molecule has 0 spiro atoms. The Balaban J connectivity index is 0. The summed E-state index contributed by atoms with van der Waals surface area (Å²) in [5.74, 6) is 0. The van der Waals surface area contributed by atoms with Gasteiger partial charge in [0.15, 0.2) is 0 Å². The summed E-state index contributed by atoms with van der Waals surface area (Å²) in [6.07, 6.45) is 17.6. The molecule has 130 valence electrons. The molecule has 0 radical (unpaired) electrons. The van der Waals surface area contributed by atoms with Crippen LogP contribution in [0.1, 0.15) is 53.9 Å². The van der Waals surface area contributed by atoms with Crippen molar-refractivity contribution < 1.29 is 0 Å². The van der Waals surface area contributed by atoms with Crippen molar-refractivity contribution in [2.45, 2.75) is 72.1 Å². The van der Waals surface area contributed by atoms with E-state index in [2.05, 4.69) is 81.3 Å². The van der Waals surface area contributed by atoms with E-state index in [0.717, 1.165) is 13.1 Å². The predicted octanol–water partition coefficient (Wildman–Crippen LogP) is 6.58. The van der Waals surface area contributed by atoms with E-state index in [-0.39, 0.29) is 0 Å². The van der Waals surface area contributed by atoms with Crippen molar-refractivity contribution in [2.24, 2.45) is 0 Å². The molecule has 0 fully saturated rings. The van der Waals surface area contributed by atoms with Crippen molar-refractivity contribution in [3.63, 3.8) is 0 Å². The van der Waals surface area contributed by atoms with Gasteiger partial charge in [0.1, 0.15) is 0 Å². The molecule has 0 atom stereocenters. The summed E-state index contributed by atoms with van der Waals surface area (Å²) >= 11 is -1.79. The molecule has 0 heterocycles. The average molecular weight is 414 g/mol. The molecule has 0 aromatic carbocycles. The number of allylic oxidation sites excluding steroid dienone is 6. The van der Waals surface area contributed by atoms with E-state index in [1.807, 2.05) is 0 Å². The standard InChI is InChI=1S/3C5H9.C4H11N.CH3.Sn/c4*1-3-5-4-2;;/h3*4-5H,1,3H2,2H3;5H,3-4H2,1-2H3;1H3;. The van der Waals surface area contributed by atoms with Crippen LogP contribution in [0.4, 0.5) is 0 Å². The van der Waals surface area contributed by atoms with Crippen molar-refractivity contribution in [1.29, 1.82) is 0 Å².